The van der Waals surface area contributed by atoms with Gasteiger partial charge in [-0.05, 0) is 35.2 Å². The van der Waals surface area contributed by atoms with E-state index in [9.17, 15) is 0 Å². The van der Waals surface area contributed by atoms with Crippen LogP contribution in [-0.4, -0.2) is 9.97 Å². The van der Waals surface area contributed by atoms with Crippen molar-refractivity contribution in [3.8, 4) is 11.3 Å². The molecule has 6 rings (SSSR count). The van der Waals surface area contributed by atoms with Gasteiger partial charge in [0.25, 0.3) is 0 Å². The van der Waals surface area contributed by atoms with Crippen LogP contribution in [0.15, 0.2) is 83.3 Å². The Hall–Kier alpha value is -3.43. The lowest BCUT2D eigenvalue weighted by Crippen LogP contribution is -1.92. The Kier molecular flexibility index (Phi) is 3.22. The molecular formula is C24H13ClN2O. The molecule has 0 spiro atoms. The predicted octanol–water partition coefficient (Wildman–Crippen LogP) is 7.00. The monoisotopic (exact) mass is 380 g/mol. The number of hydrogen-bond donors (Lipinski definition) is 0. The van der Waals surface area contributed by atoms with E-state index in [4.69, 9.17) is 16.0 Å². The van der Waals surface area contributed by atoms with Gasteiger partial charge in [-0.15, -0.1) is 0 Å². The van der Waals surface area contributed by atoms with Crippen LogP contribution in [-0.2, 0) is 0 Å². The van der Waals surface area contributed by atoms with Crippen LogP contribution >= 0.6 is 11.6 Å². The molecule has 132 valence electrons. The number of rotatable bonds is 1. The summed E-state index contributed by atoms with van der Waals surface area (Å²) in [6, 6.07) is 26.5. The molecule has 4 aromatic carbocycles. The van der Waals surface area contributed by atoms with Gasteiger partial charge in [-0.25, -0.2) is 9.97 Å². The molecule has 0 fully saturated rings. The second kappa shape index (κ2) is 5.78. The van der Waals surface area contributed by atoms with Crippen molar-refractivity contribution in [3.63, 3.8) is 0 Å². The lowest BCUT2D eigenvalue weighted by Gasteiger charge is -2.09. The molecular weight excluding hydrogens is 368 g/mol. The van der Waals surface area contributed by atoms with Crippen LogP contribution in [0.2, 0.25) is 5.28 Å². The minimum Gasteiger partial charge on any atom is -0.455 e. The minimum atomic E-state index is 0.229. The largest absolute Gasteiger partial charge is 0.455 e. The number of para-hydroxylation sites is 2. The summed E-state index contributed by atoms with van der Waals surface area (Å²) in [5.74, 6) is 0. The molecule has 0 saturated carbocycles. The maximum absolute atomic E-state index is 6.35. The summed E-state index contributed by atoms with van der Waals surface area (Å²) in [6.45, 7) is 0. The molecule has 0 aliphatic rings. The molecule has 6 aromatic rings. The van der Waals surface area contributed by atoms with Crippen molar-refractivity contribution < 1.29 is 4.42 Å². The molecule has 2 aromatic heterocycles. The number of benzene rings is 4. The molecule has 3 nitrogen and oxygen atoms in total. The Morgan fingerprint density at radius 1 is 0.643 bits per heavy atom. The molecule has 0 saturated heterocycles. The first kappa shape index (κ1) is 15.6. The van der Waals surface area contributed by atoms with Gasteiger partial charge in [-0.3, -0.25) is 0 Å². The zero-order valence-corrected chi connectivity index (χ0v) is 15.4. The number of halogens is 1. The second-order valence-electron chi connectivity index (χ2n) is 6.80. The first-order chi connectivity index (χ1) is 13.8. The third-order valence-electron chi connectivity index (χ3n) is 5.22. The van der Waals surface area contributed by atoms with E-state index in [1.54, 1.807) is 0 Å². The number of furan rings is 1. The zero-order valence-electron chi connectivity index (χ0n) is 14.7. The lowest BCUT2D eigenvalue weighted by molar-refractivity contribution is 0.670. The smallest absolute Gasteiger partial charge is 0.223 e. The van der Waals surface area contributed by atoms with Crippen molar-refractivity contribution in [2.24, 2.45) is 0 Å². The van der Waals surface area contributed by atoms with E-state index in [0.717, 1.165) is 54.9 Å². The first-order valence-corrected chi connectivity index (χ1v) is 9.43. The predicted molar refractivity (Wildman–Crippen MR) is 115 cm³/mol. The van der Waals surface area contributed by atoms with Crippen molar-refractivity contribution >= 4 is 55.2 Å². The molecule has 0 radical (unpaired) electrons. The summed E-state index contributed by atoms with van der Waals surface area (Å²) in [5, 5.41) is 5.52. The van der Waals surface area contributed by atoms with Gasteiger partial charge in [0.05, 0.1) is 11.2 Å². The average molecular weight is 381 g/mol. The molecule has 4 heteroatoms. The summed E-state index contributed by atoms with van der Waals surface area (Å²) in [6.07, 6.45) is 0. The third kappa shape index (κ3) is 2.17. The molecule has 2 heterocycles. The van der Waals surface area contributed by atoms with Crippen LogP contribution < -0.4 is 0 Å². The van der Waals surface area contributed by atoms with E-state index in [1.807, 2.05) is 42.5 Å². The topological polar surface area (TPSA) is 38.9 Å². The zero-order chi connectivity index (χ0) is 18.7. The maximum atomic E-state index is 6.35. The van der Waals surface area contributed by atoms with Crippen LogP contribution in [0.1, 0.15) is 0 Å². The van der Waals surface area contributed by atoms with Gasteiger partial charge < -0.3 is 4.42 Å². The number of hydrogen-bond acceptors (Lipinski definition) is 3. The van der Waals surface area contributed by atoms with E-state index >= 15 is 0 Å². The minimum absolute atomic E-state index is 0.229. The lowest BCUT2D eigenvalue weighted by atomic mass is 10.0. The van der Waals surface area contributed by atoms with Gasteiger partial charge in [-0.1, -0.05) is 60.7 Å². The quantitative estimate of drug-likeness (QED) is 0.227. The van der Waals surface area contributed by atoms with E-state index < -0.39 is 0 Å². The normalized spacial score (nSPS) is 11.8. The van der Waals surface area contributed by atoms with Gasteiger partial charge in [-0.2, -0.15) is 0 Å². The van der Waals surface area contributed by atoms with Gasteiger partial charge >= 0.3 is 0 Å². The van der Waals surface area contributed by atoms with Crippen molar-refractivity contribution in [2.45, 2.75) is 0 Å². The highest BCUT2D eigenvalue weighted by atomic mass is 35.5. The molecule has 0 atom stereocenters. The highest BCUT2D eigenvalue weighted by molar-refractivity contribution is 6.29. The molecule has 0 bridgehead atoms. The summed E-state index contributed by atoms with van der Waals surface area (Å²) in [5.41, 5.74) is 4.22. The summed E-state index contributed by atoms with van der Waals surface area (Å²) in [7, 11) is 0. The van der Waals surface area contributed by atoms with E-state index in [2.05, 4.69) is 46.4 Å². The van der Waals surface area contributed by atoms with Gasteiger partial charge in [0.2, 0.25) is 5.28 Å². The fourth-order valence-electron chi connectivity index (χ4n) is 3.98. The third-order valence-corrected chi connectivity index (χ3v) is 5.39. The fraction of sp³-hybridized carbons (Fsp3) is 0. The Morgan fingerprint density at radius 3 is 2.36 bits per heavy atom. The summed E-state index contributed by atoms with van der Waals surface area (Å²) >= 11 is 6.35. The van der Waals surface area contributed by atoms with E-state index in [0.29, 0.717) is 0 Å². The number of aromatic nitrogens is 2. The molecule has 28 heavy (non-hydrogen) atoms. The van der Waals surface area contributed by atoms with Crippen LogP contribution in [0, 0.1) is 0 Å². The van der Waals surface area contributed by atoms with Gasteiger partial charge in [0.1, 0.15) is 11.2 Å². The Labute approximate surface area is 165 Å². The highest BCUT2D eigenvalue weighted by Crippen LogP contribution is 2.38. The first-order valence-electron chi connectivity index (χ1n) is 9.05. The highest BCUT2D eigenvalue weighted by Gasteiger charge is 2.17. The summed E-state index contributed by atoms with van der Waals surface area (Å²) < 4.78 is 6.21. The van der Waals surface area contributed by atoms with Crippen LogP contribution in [0.4, 0.5) is 0 Å². The van der Waals surface area contributed by atoms with Gasteiger partial charge in [0.15, 0.2) is 0 Å². The molecule has 0 amide bonds. The van der Waals surface area contributed by atoms with Crippen molar-refractivity contribution in [1.29, 1.82) is 0 Å². The van der Waals surface area contributed by atoms with E-state index in [1.165, 1.54) is 0 Å². The van der Waals surface area contributed by atoms with E-state index in [-0.39, 0.29) is 5.28 Å². The van der Waals surface area contributed by atoms with Crippen molar-refractivity contribution in [1.82, 2.24) is 9.97 Å². The molecule has 0 N–H and O–H groups in total. The molecule has 0 aliphatic carbocycles. The molecule has 0 unspecified atom stereocenters. The number of nitrogens with zero attached hydrogens (tertiary/aromatic N) is 2. The standard InChI is InChI=1S/C24H13ClN2O/c25-24-26-21-15-7-2-1-6-14(15)12-13-18(21)22(27-24)19-10-5-9-17-16-8-3-4-11-20(16)28-23(17)19/h1-13H. The van der Waals surface area contributed by atoms with Crippen LogP contribution in [0.5, 0.6) is 0 Å². The molecule has 0 aliphatic heterocycles. The SMILES string of the molecule is Clc1nc(-c2cccc3c2oc2ccccc23)c2ccc3ccccc3c2n1. The van der Waals surface area contributed by atoms with Gasteiger partial charge in [0, 0.05) is 27.1 Å². The Morgan fingerprint density at radius 2 is 1.43 bits per heavy atom. The maximum Gasteiger partial charge on any atom is 0.223 e. The second-order valence-corrected chi connectivity index (χ2v) is 7.14. The van der Waals surface area contributed by atoms with Crippen LogP contribution in [0.3, 0.4) is 0 Å². The van der Waals surface area contributed by atoms with Crippen molar-refractivity contribution in [2.75, 3.05) is 0 Å². The number of fused-ring (bicyclic) bond motifs is 6. The average Bonchev–Trinajstić information content (AvgIpc) is 3.12. The van der Waals surface area contributed by atoms with Crippen molar-refractivity contribution in [3.05, 3.63) is 84.1 Å². The fourth-order valence-corrected chi connectivity index (χ4v) is 4.14. The van der Waals surface area contributed by atoms with Crippen LogP contribution in [0.25, 0.3) is 54.9 Å². The summed E-state index contributed by atoms with van der Waals surface area (Å²) in [4.78, 5) is 9.13. The Balaban J connectivity index is 1.77. The Bertz CT molecular complexity index is 1530.